The number of hydrogen-bond acceptors (Lipinski definition) is 4. The normalized spacial score (nSPS) is 25.1. The average molecular weight is 279 g/mol. The molecule has 1 unspecified atom stereocenters. The van der Waals surface area contributed by atoms with Gasteiger partial charge in [-0.05, 0) is 25.7 Å². The van der Waals surface area contributed by atoms with Crippen molar-refractivity contribution in [1.82, 2.24) is 15.0 Å². The molecule has 0 amide bonds. The highest BCUT2D eigenvalue weighted by Crippen LogP contribution is 2.42. The summed E-state index contributed by atoms with van der Waals surface area (Å²) in [4.78, 5) is 10.6. The van der Waals surface area contributed by atoms with Gasteiger partial charge >= 0.3 is 5.97 Å². The molecule has 20 heavy (non-hydrogen) atoms. The molecule has 6 nitrogen and oxygen atoms in total. The standard InChI is InChI=1S/C14H21N3O3/c18-13(19)8-11-9-17(16-15-11)10-12-4-7-14(20-12)5-2-1-3-6-14/h9,12H,1-8,10H2,(H,18,19). The molecule has 1 aromatic rings. The molecule has 0 bridgehead atoms. The lowest BCUT2D eigenvalue weighted by molar-refractivity contribution is -0.136. The third-order valence-corrected chi connectivity index (χ3v) is 4.41. The van der Waals surface area contributed by atoms with Gasteiger partial charge in [0.05, 0.1) is 30.4 Å². The number of aromatic nitrogens is 3. The highest BCUT2D eigenvalue weighted by Gasteiger charge is 2.40. The van der Waals surface area contributed by atoms with Crippen LogP contribution in [0.5, 0.6) is 0 Å². The molecule has 1 atom stereocenters. The third-order valence-electron chi connectivity index (χ3n) is 4.41. The Labute approximate surface area is 118 Å². The Bertz CT molecular complexity index is 480. The largest absolute Gasteiger partial charge is 0.481 e. The van der Waals surface area contributed by atoms with Crippen LogP contribution < -0.4 is 0 Å². The molecule has 2 heterocycles. The number of carboxylic acids is 1. The first-order chi connectivity index (χ1) is 9.65. The molecule has 1 aliphatic carbocycles. The number of nitrogens with zero attached hydrogens (tertiary/aromatic N) is 3. The third kappa shape index (κ3) is 3.00. The van der Waals surface area contributed by atoms with E-state index in [4.69, 9.17) is 9.84 Å². The van der Waals surface area contributed by atoms with Gasteiger partial charge in [-0.3, -0.25) is 4.79 Å². The van der Waals surface area contributed by atoms with Crippen LogP contribution in [0, 0.1) is 0 Å². The molecule has 1 N–H and O–H groups in total. The van der Waals surface area contributed by atoms with E-state index < -0.39 is 5.97 Å². The van der Waals surface area contributed by atoms with Crippen LogP contribution in [-0.2, 0) is 22.5 Å². The minimum atomic E-state index is -0.879. The second kappa shape index (κ2) is 5.52. The Morgan fingerprint density at radius 3 is 2.95 bits per heavy atom. The maximum Gasteiger partial charge on any atom is 0.309 e. The fourth-order valence-corrected chi connectivity index (χ4v) is 3.46. The highest BCUT2D eigenvalue weighted by molar-refractivity contribution is 5.69. The summed E-state index contributed by atoms with van der Waals surface area (Å²) in [6.07, 6.45) is 10.3. The maximum atomic E-state index is 10.6. The van der Waals surface area contributed by atoms with Crippen LogP contribution in [0.1, 0.15) is 50.6 Å². The molecular weight excluding hydrogens is 258 g/mol. The Morgan fingerprint density at radius 2 is 2.20 bits per heavy atom. The molecule has 0 radical (unpaired) electrons. The maximum absolute atomic E-state index is 10.6. The summed E-state index contributed by atoms with van der Waals surface area (Å²) >= 11 is 0. The molecule has 6 heteroatoms. The minimum Gasteiger partial charge on any atom is -0.481 e. The van der Waals surface area contributed by atoms with Crippen molar-refractivity contribution in [3.63, 3.8) is 0 Å². The minimum absolute atomic E-state index is 0.0739. The smallest absolute Gasteiger partial charge is 0.309 e. The van der Waals surface area contributed by atoms with Gasteiger partial charge in [-0.25, -0.2) is 4.68 Å². The van der Waals surface area contributed by atoms with E-state index in [0.29, 0.717) is 12.2 Å². The van der Waals surface area contributed by atoms with E-state index in [9.17, 15) is 4.79 Å². The second-order valence-electron chi connectivity index (χ2n) is 6.02. The van der Waals surface area contributed by atoms with Crippen molar-refractivity contribution in [1.29, 1.82) is 0 Å². The lowest BCUT2D eigenvalue weighted by Crippen LogP contribution is -2.32. The molecule has 1 aliphatic heterocycles. The van der Waals surface area contributed by atoms with Gasteiger partial charge < -0.3 is 9.84 Å². The molecule has 2 fully saturated rings. The number of hydrogen-bond donors (Lipinski definition) is 1. The number of carbonyl (C=O) groups is 1. The van der Waals surface area contributed by atoms with E-state index in [1.807, 2.05) is 0 Å². The number of carboxylic acid groups (broad SMARTS) is 1. The van der Waals surface area contributed by atoms with E-state index in [1.54, 1.807) is 10.9 Å². The summed E-state index contributed by atoms with van der Waals surface area (Å²) in [6.45, 7) is 0.675. The first-order valence-corrected chi connectivity index (χ1v) is 7.44. The fraction of sp³-hybridized carbons (Fsp3) is 0.786. The van der Waals surface area contributed by atoms with Gasteiger partial charge in [0.15, 0.2) is 0 Å². The molecule has 110 valence electrons. The monoisotopic (exact) mass is 279 g/mol. The van der Waals surface area contributed by atoms with Crippen LogP contribution in [0.4, 0.5) is 0 Å². The Kier molecular flexibility index (Phi) is 3.74. The van der Waals surface area contributed by atoms with Gasteiger partial charge in [-0.2, -0.15) is 0 Å². The van der Waals surface area contributed by atoms with Crippen molar-refractivity contribution in [3.05, 3.63) is 11.9 Å². The highest BCUT2D eigenvalue weighted by atomic mass is 16.5. The predicted octanol–water partition coefficient (Wildman–Crippen LogP) is 1.79. The molecule has 1 spiro atoms. The molecule has 1 aromatic heterocycles. The summed E-state index contributed by atoms with van der Waals surface area (Å²) in [7, 11) is 0. The Morgan fingerprint density at radius 1 is 1.40 bits per heavy atom. The van der Waals surface area contributed by atoms with E-state index in [1.165, 1.54) is 32.1 Å². The molecule has 0 aromatic carbocycles. The summed E-state index contributed by atoms with van der Waals surface area (Å²) in [5.41, 5.74) is 0.621. The van der Waals surface area contributed by atoms with Crippen molar-refractivity contribution in [2.75, 3.05) is 0 Å². The zero-order chi connectivity index (χ0) is 14.0. The SMILES string of the molecule is O=C(O)Cc1cn(CC2CCC3(CCCCC3)O2)nn1. The van der Waals surface area contributed by atoms with Crippen LogP contribution in [0.25, 0.3) is 0 Å². The first-order valence-electron chi connectivity index (χ1n) is 7.44. The van der Waals surface area contributed by atoms with Gasteiger partial charge in [0, 0.05) is 6.20 Å². The van der Waals surface area contributed by atoms with E-state index in [2.05, 4.69) is 10.3 Å². The zero-order valence-electron chi connectivity index (χ0n) is 11.6. The topological polar surface area (TPSA) is 77.2 Å². The van der Waals surface area contributed by atoms with Gasteiger partial charge in [-0.15, -0.1) is 5.10 Å². The van der Waals surface area contributed by atoms with Crippen molar-refractivity contribution < 1.29 is 14.6 Å². The number of aliphatic carboxylic acids is 1. The molecule has 1 saturated heterocycles. The van der Waals surface area contributed by atoms with Gasteiger partial charge in [-0.1, -0.05) is 24.5 Å². The molecule has 3 rings (SSSR count). The van der Waals surface area contributed by atoms with Gasteiger partial charge in [0.25, 0.3) is 0 Å². The van der Waals surface area contributed by atoms with E-state index in [0.717, 1.165) is 12.8 Å². The van der Waals surface area contributed by atoms with Crippen LogP contribution in [-0.4, -0.2) is 37.8 Å². The summed E-state index contributed by atoms with van der Waals surface area (Å²) in [6, 6.07) is 0. The second-order valence-corrected chi connectivity index (χ2v) is 6.02. The molecular formula is C14H21N3O3. The van der Waals surface area contributed by atoms with Crippen LogP contribution >= 0.6 is 0 Å². The van der Waals surface area contributed by atoms with Crippen molar-refractivity contribution in [2.45, 2.75) is 69.6 Å². The predicted molar refractivity (Wildman–Crippen MR) is 71.3 cm³/mol. The van der Waals surface area contributed by atoms with E-state index >= 15 is 0 Å². The van der Waals surface area contributed by atoms with Gasteiger partial charge in [0.2, 0.25) is 0 Å². The molecule has 1 saturated carbocycles. The van der Waals surface area contributed by atoms with Gasteiger partial charge in [0.1, 0.15) is 0 Å². The van der Waals surface area contributed by atoms with E-state index in [-0.39, 0.29) is 18.1 Å². The lowest BCUT2D eigenvalue weighted by Gasteiger charge is -2.33. The summed E-state index contributed by atoms with van der Waals surface area (Å²) in [5.74, 6) is -0.879. The number of rotatable bonds is 4. The van der Waals surface area contributed by atoms with Crippen molar-refractivity contribution in [2.24, 2.45) is 0 Å². The average Bonchev–Trinajstić information content (AvgIpc) is 2.99. The first kappa shape index (κ1) is 13.5. The Balaban J connectivity index is 1.56. The van der Waals surface area contributed by atoms with Crippen molar-refractivity contribution >= 4 is 5.97 Å². The zero-order valence-corrected chi connectivity index (χ0v) is 11.6. The van der Waals surface area contributed by atoms with Crippen LogP contribution in [0.2, 0.25) is 0 Å². The van der Waals surface area contributed by atoms with Crippen molar-refractivity contribution in [3.8, 4) is 0 Å². The summed E-state index contributed by atoms with van der Waals surface area (Å²) in [5, 5.41) is 16.6. The quantitative estimate of drug-likeness (QED) is 0.909. The fourth-order valence-electron chi connectivity index (χ4n) is 3.46. The Hall–Kier alpha value is -1.43. The molecule has 2 aliphatic rings. The summed E-state index contributed by atoms with van der Waals surface area (Å²) < 4.78 is 7.99. The van der Waals surface area contributed by atoms with Crippen LogP contribution in [0.15, 0.2) is 6.20 Å². The number of ether oxygens (including phenoxy) is 1. The lowest BCUT2D eigenvalue weighted by atomic mass is 9.83. The van der Waals surface area contributed by atoms with Crippen LogP contribution in [0.3, 0.4) is 0 Å².